The summed E-state index contributed by atoms with van der Waals surface area (Å²) >= 11 is 0. The van der Waals surface area contributed by atoms with E-state index in [0.717, 1.165) is 38.8 Å². The van der Waals surface area contributed by atoms with Crippen LogP contribution in [0.25, 0.3) is 0 Å². The van der Waals surface area contributed by atoms with E-state index in [1.165, 1.54) is 12.7 Å². The van der Waals surface area contributed by atoms with Crippen molar-refractivity contribution in [1.29, 1.82) is 0 Å². The van der Waals surface area contributed by atoms with Gasteiger partial charge < -0.3 is 4.74 Å². The molecular formula is C25H35NO3. The molecule has 1 saturated carbocycles. The number of piperidine rings is 1. The fourth-order valence-corrected chi connectivity index (χ4v) is 5.81. The van der Waals surface area contributed by atoms with Crippen LogP contribution in [0, 0.1) is 17.3 Å². The lowest BCUT2D eigenvalue weighted by Crippen LogP contribution is -2.62. The van der Waals surface area contributed by atoms with Crippen LogP contribution in [-0.4, -0.2) is 36.3 Å². The zero-order chi connectivity index (χ0) is 20.9. The number of benzene rings is 1. The average molecular weight is 398 g/mol. The number of esters is 1. The molecule has 1 saturated heterocycles. The van der Waals surface area contributed by atoms with Gasteiger partial charge in [0.2, 0.25) is 0 Å². The van der Waals surface area contributed by atoms with E-state index in [2.05, 4.69) is 42.7 Å². The highest BCUT2D eigenvalue weighted by Gasteiger charge is 2.56. The average Bonchev–Trinajstić information content (AvgIpc) is 2.73. The second-order valence-corrected chi connectivity index (χ2v) is 8.92. The Kier molecular flexibility index (Phi) is 7.28. The lowest BCUT2D eigenvalue weighted by molar-refractivity contribution is -0.157. The zero-order valence-corrected chi connectivity index (χ0v) is 17.9. The van der Waals surface area contributed by atoms with Crippen molar-refractivity contribution in [3.8, 4) is 0 Å². The monoisotopic (exact) mass is 397 g/mol. The summed E-state index contributed by atoms with van der Waals surface area (Å²) in [7, 11) is 1.45. The van der Waals surface area contributed by atoms with Gasteiger partial charge in [-0.1, -0.05) is 43.3 Å². The van der Waals surface area contributed by atoms with Gasteiger partial charge in [-0.2, -0.15) is 0 Å². The van der Waals surface area contributed by atoms with E-state index in [9.17, 15) is 9.59 Å². The molecule has 3 rings (SSSR count). The molecule has 0 aromatic heterocycles. The first-order chi connectivity index (χ1) is 14.0. The number of methoxy groups -OCH3 is 1. The van der Waals surface area contributed by atoms with Crippen molar-refractivity contribution < 1.29 is 14.3 Å². The fourth-order valence-electron chi connectivity index (χ4n) is 5.81. The van der Waals surface area contributed by atoms with Crippen molar-refractivity contribution in [3.05, 3.63) is 48.6 Å². The van der Waals surface area contributed by atoms with Gasteiger partial charge in [0.1, 0.15) is 5.78 Å². The fraction of sp³-hybridized carbons (Fsp3) is 0.600. The van der Waals surface area contributed by atoms with Crippen LogP contribution in [0.1, 0.15) is 57.4 Å². The van der Waals surface area contributed by atoms with Gasteiger partial charge in [0.25, 0.3) is 0 Å². The minimum Gasteiger partial charge on any atom is -0.469 e. The van der Waals surface area contributed by atoms with Crippen molar-refractivity contribution >= 4 is 11.8 Å². The lowest BCUT2D eigenvalue weighted by atomic mass is 9.53. The largest absolute Gasteiger partial charge is 0.469 e. The predicted molar refractivity (Wildman–Crippen MR) is 115 cm³/mol. The Morgan fingerprint density at radius 1 is 1.28 bits per heavy atom. The molecule has 0 radical (unpaired) electrons. The third kappa shape index (κ3) is 4.63. The first kappa shape index (κ1) is 21.8. The van der Waals surface area contributed by atoms with Crippen molar-refractivity contribution in [1.82, 2.24) is 4.90 Å². The van der Waals surface area contributed by atoms with E-state index in [1.54, 1.807) is 0 Å². The maximum atomic E-state index is 13.7. The number of ketones is 1. The summed E-state index contributed by atoms with van der Waals surface area (Å²) in [6.07, 6.45) is 7.21. The van der Waals surface area contributed by atoms with Gasteiger partial charge in [-0.3, -0.25) is 14.5 Å². The van der Waals surface area contributed by atoms with Crippen LogP contribution in [0.4, 0.5) is 0 Å². The molecule has 4 heteroatoms. The minimum atomic E-state index is -0.448. The van der Waals surface area contributed by atoms with Crippen molar-refractivity contribution in [2.75, 3.05) is 13.7 Å². The first-order valence-electron chi connectivity index (χ1n) is 11.0. The summed E-state index contributed by atoms with van der Waals surface area (Å²) in [6, 6.07) is 10.7. The molecule has 0 unspecified atom stereocenters. The van der Waals surface area contributed by atoms with Crippen LogP contribution in [0.5, 0.6) is 0 Å². The van der Waals surface area contributed by atoms with Gasteiger partial charge in [0, 0.05) is 30.8 Å². The molecule has 2 aliphatic rings. The Bertz CT molecular complexity index is 716. The molecule has 1 aromatic carbocycles. The van der Waals surface area contributed by atoms with E-state index in [0.29, 0.717) is 31.0 Å². The molecule has 4 atom stereocenters. The van der Waals surface area contributed by atoms with Crippen molar-refractivity contribution in [2.45, 2.75) is 64.5 Å². The molecule has 158 valence electrons. The Hall–Kier alpha value is -1.94. The van der Waals surface area contributed by atoms with E-state index < -0.39 is 5.41 Å². The quantitative estimate of drug-likeness (QED) is 0.468. The summed E-state index contributed by atoms with van der Waals surface area (Å²) in [5, 5.41) is 0. The third-order valence-electron chi connectivity index (χ3n) is 7.08. The number of likely N-dealkylation sites (tertiary alicyclic amines) is 1. The highest BCUT2D eigenvalue weighted by Crippen LogP contribution is 2.54. The second-order valence-electron chi connectivity index (χ2n) is 8.92. The molecule has 0 amide bonds. The third-order valence-corrected chi connectivity index (χ3v) is 7.08. The van der Waals surface area contributed by atoms with Gasteiger partial charge in [0.15, 0.2) is 0 Å². The van der Waals surface area contributed by atoms with Gasteiger partial charge in [-0.05, 0) is 56.0 Å². The SMILES string of the molecule is C=CCCC(=O)[C@@]12CCCN(Cc3ccccc3)[C@H]1C[C@H](C)C[C@H]2CC(=O)OC. The Balaban J connectivity index is 1.96. The molecular weight excluding hydrogens is 362 g/mol. The normalized spacial score (nSPS) is 29.7. The van der Waals surface area contributed by atoms with Crippen LogP contribution in [0.2, 0.25) is 0 Å². The van der Waals surface area contributed by atoms with Gasteiger partial charge in [-0.15, -0.1) is 6.58 Å². The van der Waals surface area contributed by atoms with Gasteiger partial charge >= 0.3 is 5.97 Å². The smallest absolute Gasteiger partial charge is 0.305 e. The standard InChI is InChI=1S/C25H35NO3/c1-4-5-12-23(27)25-13-9-14-26(18-20-10-7-6-8-11-20)22(25)16-19(2)15-21(25)17-24(28)29-3/h4,6-8,10-11,19,21-22H,1,5,9,12-18H2,2-3H3/t19-,21+,22+,25-/m1/s1. The summed E-state index contributed by atoms with van der Waals surface area (Å²) in [4.78, 5) is 28.4. The summed E-state index contributed by atoms with van der Waals surface area (Å²) in [5.74, 6) is 0.672. The number of fused-ring (bicyclic) bond motifs is 1. The maximum absolute atomic E-state index is 13.7. The highest BCUT2D eigenvalue weighted by molar-refractivity contribution is 5.87. The van der Waals surface area contributed by atoms with E-state index >= 15 is 0 Å². The minimum absolute atomic E-state index is 0.0552. The number of Topliss-reactive ketones (excluding diaryl/α,β-unsaturated/α-hetero) is 1. The van der Waals surface area contributed by atoms with Gasteiger partial charge in [0.05, 0.1) is 7.11 Å². The zero-order valence-electron chi connectivity index (χ0n) is 17.9. The molecule has 1 aliphatic heterocycles. The summed E-state index contributed by atoms with van der Waals surface area (Å²) < 4.78 is 5.02. The van der Waals surface area contributed by atoms with Crippen LogP contribution < -0.4 is 0 Å². The first-order valence-corrected chi connectivity index (χ1v) is 11.0. The summed E-state index contributed by atoms with van der Waals surface area (Å²) in [5.41, 5.74) is 0.834. The molecule has 29 heavy (non-hydrogen) atoms. The summed E-state index contributed by atoms with van der Waals surface area (Å²) in [6.45, 7) is 7.94. The molecule has 2 fully saturated rings. The number of hydrogen-bond donors (Lipinski definition) is 0. The maximum Gasteiger partial charge on any atom is 0.305 e. The van der Waals surface area contributed by atoms with Crippen molar-refractivity contribution in [3.63, 3.8) is 0 Å². The number of carbonyl (C=O) groups is 2. The molecule has 0 spiro atoms. The Labute approximate surface area is 175 Å². The molecule has 1 aliphatic carbocycles. The van der Waals surface area contributed by atoms with Crippen LogP contribution in [0.15, 0.2) is 43.0 Å². The van der Waals surface area contributed by atoms with Gasteiger partial charge in [-0.25, -0.2) is 0 Å². The number of rotatable bonds is 8. The molecule has 4 nitrogen and oxygen atoms in total. The molecule has 1 aromatic rings. The number of allylic oxidation sites excluding steroid dienone is 1. The van der Waals surface area contributed by atoms with Crippen molar-refractivity contribution in [2.24, 2.45) is 17.3 Å². The highest BCUT2D eigenvalue weighted by atomic mass is 16.5. The van der Waals surface area contributed by atoms with Crippen LogP contribution >= 0.6 is 0 Å². The number of ether oxygens (including phenoxy) is 1. The Morgan fingerprint density at radius 2 is 2.03 bits per heavy atom. The molecule has 0 N–H and O–H groups in total. The van der Waals surface area contributed by atoms with E-state index in [4.69, 9.17) is 4.74 Å². The van der Waals surface area contributed by atoms with E-state index in [-0.39, 0.29) is 17.9 Å². The number of hydrogen-bond acceptors (Lipinski definition) is 4. The second kappa shape index (κ2) is 9.71. The van der Waals surface area contributed by atoms with Crippen LogP contribution in [-0.2, 0) is 20.9 Å². The van der Waals surface area contributed by atoms with Crippen LogP contribution in [0.3, 0.4) is 0 Å². The Morgan fingerprint density at radius 3 is 2.72 bits per heavy atom. The molecule has 0 bridgehead atoms. The molecule has 1 heterocycles. The van der Waals surface area contributed by atoms with E-state index in [1.807, 2.05) is 12.1 Å². The number of nitrogens with zero attached hydrogens (tertiary/aromatic N) is 1. The predicted octanol–water partition coefficient (Wildman–Crippen LogP) is 4.78. The number of carbonyl (C=O) groups excluding carboxylic acids is 2. The topological polar surface area (TPSA) is 46.6 Å². The lowest BCUT2D eigenvalue weighted by Gasteiger charge is -2.57.